The Balaban J connectivity index is 1.28. The quantitative estimate of drug-likeness (QED) is 0.158. The molecular formula is C38H38N4O5. The van der Waals surface area contributed by atoms with Crippen molar-refractivity contribution in [3.05, 3.63) is 130 Å². The fourth-order valence-electron chi connectivity index (χ4n) is 6.40. The Hall–Kier alpha value is -5.44. The number of rotatable bonds is 11. The van der Waals surface area contributed by atoms with Crippen molar-refractivity contribution in [2.45, 2.75) is 63.5 Å². The third-order valence-electron chi connectivity index (χ3n) is 8.82. The van der Waals surface area contributed by atoms with E-state index < -0.39 is 23.8 Å². The fourth-order valence-corrected chi connectivity index (χ4v) is 6.40. The van der Waals surface area contributed by atoms with Gasteiger partial charge in [-0.1, -0.05) is 79.9 Å². The molecule has 5 aromatic rings. The molecular weight excluding hydrogens is 592 g/mol. The van der Waals surface area contributed by atoms with Crippen molar-refractivity contribution < 1.29 is 19.5 Å². The molecule has 1 aliphatic rings. The van der Waals surface area contributed by atoms with Crippen LogP contribution in [-0.2, 0) is 22.4 Å². The molecule has 0 aliphatic heterocycles. The van der Waals surface area contributed by atoms with E-state index in [4.69, 9.17) is 5.11 Å². The minimum atomic E-state index is -0.903. The van der Waals surface area contributed by atoms with Crippen LogP contribution in [0.4, 0.5) is 5.69 Å². The number of nitrogens with one attached hydrogen (secondary N) is 2. The number of carbonyl (C=O) groups is 3. The summed E-state index contributed by atoms with van der Waals surface area (Å²) in [6.45, 7) is 0. The third kappa shape index (κ3) is 7.35. The van der Waals surface area contributed by atoms with E-state index in [9.17, 15) is 19.2 Å². The van der Waals surface area contributed by atoms with Crippen LogP contribution in [0.3, 0.4) is 0 Å². The Labute approximate surface area is 272 Å². The van der Waals surface area contributed by atoms with Gasteiger partial charge in [-0.25, -0.2) is 4.68 Å². The maximum absolute atomic E-state index is 14.0. The molecule has 0 saturated heterocycles. The molecule has 0 unspecified atom stereocenters. The minimum Gasteiger partial charge on any atom is -0.481 e. The zero-order valence-corrected chi connectivity index (χ0v) is 26.1. The number of aliphatic carboxylic acids is 1. The van der Waals surface area contributed by atoms with Gasteiger partial charge in [-0.3, -0.25) is 23.9 Å². The molecule has 0 bridgehead atoms. The van der Waals surface area contributed by atoms with Gasteiger partial charge >= 0.3 is 5.97 Å². The van der Waals surface area contributed by atoms with Gasteiger partial charge in [0.25, 0.3) is 11.5 Å². The second kappa shape index (κ2) is 14.3. The molecule has 1 fully saturated rings. The topological polar surface area (TPSA) is 122 Å². The second-order valence-electron chi connectivity index (χ2n) is 12.1. The molecule has 1 aliphatic carbocycles. The summed E-state index contributed by atoms with van der Waals surface area (Å²) < 4.78 is 3.84. The lowest BCUT2D eigenvalue weighted by atomic mass is 9.95. The summed E-state index contributed by atoms with van der Waals surface area (Å²) in [5.74, 6) is -1.72. The number of para-hydroxylation sites is 1. The summed E-state index contributed by atoms with van der Waals surface area (Å²) in [4.78, 5) is 52.2. The number of hydrogen-bond donors (Lipinski definition) is 3. The SMILES string of the molecule is O=C(O)CCc1ccc(NC(=O)[C@H](Cc2ccccc2)NC(=O)c2ccc3c(c2)c(=O)n(-c2ccccc2)n3C2CCCCC2)cc1. The predicted molar refractivity (Wildman–Crippen MR) is 182 cm³/mol. The molecule has 9 heteroatoms. The summed E-state index contributed by atoms with van der Waals surface area (Å²) in [5.41, 5.74) is 3.93. The highest BCUT2D eigenvalue weighted by Gasteiger charge is 2.26. The number of nitrogens with zero attached hydrogens (tertiary/aromatic N) is 2. The van der Waals surface area contributed by atoms with E-state index in [0.717, 1.165) is 48.0 Å². The number of carbonyl (C=O) groups excluding carboxylic acids is 2. The molecule has 240 valence electrons. The Kier molecular flexibility index (Phi) is 9.61. The molecule has 47 heavy (non-hydrogen) atoms. The lowest BCUT2D eigenvalue weighted by Gasteiger charge is -2.26. The van der Waals surface area contributed by atoms with E-state index >= 15 is 0 Å². The van der Waals surface area contributed by atoms with Crippen molar-refractivity contribution in [3.63, 3.8) is 0 Å². The van der Waals surface area contributed by atoms with Crippen molar-refractivity contribution in [3.8, 4) is 5.69 Å². The van der Waals surface area contributed by atoms with Gasteiger partial charge in [0, 0.05) is 24.1 Å². The average Bonchev–Trinajstić information content (AvgIpc) is 3.40. The van der Waals surface area contributed by atoms with Gasteiger partial charge in [-0.05, 0) is 72.9 Å². The van der Waals surface area contributed by atoms with Crippen LogP contribution in [0.5, 0.6) is 0 Å². The number of amides is 2. The van der Waals surface area contributed by atoms with Crippen LogP contribution >= 0.6 is 0 Å². The van der Waals surface area contributed by atoms with E-state index in [1.165, 1.54) is 6.42 Å². The first-order chi connectivity index (χ1) is 22.9. The highest BCUT2D eigenvalue weighted by atomic mass is 16.4. The number of benzene rings is 4. The van der Waals surface area contributed by atoms with Crippen molar-refractivity contribution in [2.24, 2.45) is 0 Å². The van der Waals surface area contributed by atoms with Crippen LogP contribution in [0, 0.1) is 0 Å². The van der Waals surface area contributed by atoms with Crippen molar-refractivity contribution >= 4 is 34.4 Å². The number of fused-ring (bicyclic) bond motifs is 1. The Morgan fingerprint density at radius 2 is 1.49 bits per heavy atom. The molecule has 1 saturated carbocycles. The number of hydrogen-bond acceptors (Lipinski definition) is 4. The zero-order valence-electron chi connectivity index (χ0n) is 26.1. The smallest absolute Gasteiger partial charge is 0.303 e. The second-order valence-corrected chi connectivity index (χ2v) is 12.1. The summed E-state index contributed by atoms with van der Waals surface area (Å²) >= 11 is 0. The van der Waals surface area contributed by atoms with E-state index in [1.54, 1.807) is 41.1 Å². The molecule has 4 aromatic carbocycles. The van der Waals surface area contributed by atoms with E-state index in [1.807, 2.05) is 66.7 Å². The summed E-state index contributed by atoms with van der Waals surface area (Å²) in [6, 6.07) is 30.5. The predicted octanol–water partition coefficient (Wildman–Crippen LogP) is 6.29. The van der Waals surface area contributed by atoms with Crippen LogP contribution in [0.2, 0.25) is 0 Å². The summed E-state index contributed by atoms with van der Waals surface area (Å²) in [7, 11) is 0. The monoisotopic (exact) mass is 630 g/mol. The van der Waals surface area contributed by atoms with E-state index in [0.29, 0.717) is 23.1 Å². The van der Waals surface area contributed by atoms with Gasteiger partial charge < -0.3 is 15.7 Å². The number of aryl methyl sites for hydroxylation is 1. The molecule has 0 spiro atoms. The first kappa shape index (κ1) is 31.5. The number of carboxylic acids is 1. The highest BCUT2D eigenvalue weighted by Crippen LogP contribution is 2.32. The molecule has 1 aromatic heterocycles. The van der Waals surface area contributed by atoms with Gasteiger partial charge in [-0.15, -0.1) is 0 Å². The lowest BCUT2D eigenvalue weighted by Crippen LogP contribution is -2.45. The third-order valence-corrected chi connectivity index (χ3v) is 8.82. The Bertz CT molecular complexity index is 1920. The first-order valence-electron chi connectivity index (χ1n) is 16.2. The molecule has 2 amide bonds. The van der Waals surface area contributed by atoms with Crippen LogP contribution in [0.15, 0.2) is 108 Å². The van der Waals surface area contributed by atoms with Crippen LogP contribution in [0.1, 0.15) is 66.1 Å². The highest BCUT2D eigenvalue weighted by molar-refractivity contribution is 6.03. The fraction of sp³-hybridized carbons (Fsp3) is 0.263. The summed E-state index contributed by atoms with van der Waals surface area (Å²) in [6.07, 6.45) is 6.04. The summed E-state index contributed by atoms with van der Waals surface area (Å²) in [5, 5.41) is 15.2. The van der Waals surface area contributed by atoms with Crippen molar-refractivity contribution in [1.82, 2.24) is 14.7 Å². The zero-order chi connectivity index (χ0) is 32.8. The maximum atomic E-state index is 14.0. The minimum absolute atomic E-state index is 0.0219. The number of anilines is 1. The van der Waals surface area contributed by atoms with Gasteiger partial charge in [0.1, 0.15) is 6.04 Å². The molecule has 1 atom stereocenters. The molecule has 1 heterocycles. The van der Waals surface area contributed by atoms with Crippen LogP contribution < -0.4 is 16.2 Å². The van der Waals surface area contributed by atoms with Gasteiger partial charge in [0.2, 0.25) is 5.91 Å². The van der Waals surface area contributed by atoms with Gasteiger partial charge in [-0.2, -0.15) is 0 Å². The average molecular weight is 631 g/mol. The molecule has 9 nitrogen and oxygen atoms in total. The van der Waals surface area contributed by atoms with Gasteiger partial charge in [0.05, 0.1) is 22.6 Å². The van der Waals surface area contributed by atoms with E-state index in [2.05, 4.69) is 15.3 Å². The van der Waals surface area contributed by atoms with Crippen LogP contribution in [-0.4, -0.2) is 38.3 Å². The van der Waals surface area contributed by atoms with Gasteiger partial charge in [0.15, 0.2) is 0 Å². The van der Waals surface area contributed by atoms with Crippen molar-refractivity contribution in [1.29, 1.82) is 0 Å². The normalized spacial score (nSPS) is 14.0. The standard InChI is InChI=1S/C38H38N4O5/c43-35(44)23-18-26-16-20-29(21-17-26)39-37(46)33(24-27-10-4-1-5-11-27)40-36(45)28-19-22-34-32(25-28)38(47)42(31-14-8-3-9-15-31)41(34)30-12-6-2-7-13-30/h1,3-5,8-11,14-17,19-22,25,30,33H,2,6-7,12-13,18,23-24H2,(H,39,46)(H,40,45)(H,43,44)/t33-/m0/s1. The largest absolute Gasteiger partial charge is 0.481 e. The van der Waals surface area contributed by atoms with Crippen LogP contribution in [0.25, 0.3) is 16.6 Å². The maximum Gasteiger partial charge on any atom is 0.303 e. The first-order valence-corrected chi connectivity index (χ1v) is 16.2. The Morgan fingerprint density at radius 1 is 0.809 bits per heavy atom. The number of aromatic nitrogens is 2. The number of carboxylic acid groups (broad SMARTS) is 1. The van der Waals surface area contributed by atoms with Crippen molar-refractivity contribution in [2.75, 3.05) is 5.32 Å². The lowest BCUT2D eigenvalue weighted by molar-refractivity contribution is -0.137. The molecule has 0 radical (unpaired) electrons. The molecule has 3 N–H and O–H groups in total. The molecule has 6 rings (SSSR count). The Morgan fingerprint density at radius 3 is 2.17 bits per heavy atom. The van der Waals surface area contributed by atoms with E-state index in [-0.39, 0.29) is 24.4 Å².